The summed E-state index contributed by atoms with van der Waals surface area (Å²) in [5.74, 6) is 0.0809. The van der Waals surface area contributed by atoms with Crippen LogP contribution in [0.3, 0.4) is 0 Å². The van der Waals surface area contributed by atoms with Crippen LogP contribution in [0, 0.1) is 0 Å². The summed E-state index contributed by atoms with van der Waals surface area (Å²) < 4.78 is 10.9. The van der Waals surface area contributed by atoms with Crippen LogP contribution in [-0.4, -0.2) is 80.9 Å². The van der Waals surface area contributed by atoms with E-state index in [-0.39, 0.29) is 12.5 Å². The maximum atomic E-state index is 12.0. The van der Waals surface area contributed by atoms with Crippen LogP contribution in [0.2, 0.25) is 0 Å². The van der Waals surface area contributed by atoms with E-state index in [9.17, 15) is 4.79 Å². The molecule has 2 fully saturated rings. The van der Waals surface area contributed by atoms with Crippen LogP contribution < -0.4 is 5.73 Å². The lowest BCUT2D eigenvalue weighted by molar-refractivity contribution is -0.135. The highest BCUT2D eigenvalue weighted by Crippen LogP contribution is 2.14. The fraction of sp³-hybridized carbons (Fsp3) is 0.929. The zero-order chi connectivity index (χ0) is 14.2. The second-order valence-electron chi connectivity index (χ2n) is 5.51. The van der Waals surface area contributed by atoms with Crippen molar-refractivity contribution < 1.29 is 14.3 Å². The third kappa shape index (κ3) is 5.01. The number of carbonyl (C=O) groups is 1. The largest absolute Gasteiger partial charge is 0.377 e. The molecule has 20 heavy (non-hydrogen) atoms. The van der Waals surface area contributed by atoms with Crippen LogP contribution in [0.5, 0.6) is 0 Å². The molecule has 2 aliphatic rings. The third-order valence-corrected chi connectivity index (χ3v) is 3.91. The Balaban J connectivity index is 1.69. The number of rotatable bonds is 6. The molecule has 0 aromatic heterocycles. The Bertz CT molecular complexity index is 295. The quantitative estimate of drug-likeness (QED) is 0.677. The van der Waals surface area contributed by atoms with Crippen molar-refractivity contribution in [2.45, 2.75) is 25.4 Å². The maximum Gasteiger partial charge on any atom is 0.248 e. The minimum Gasteiger partial charge on any atom is -0.377 e. The lowest BCUT2D eigenvalue weighted by Gasteiger charge is -2.24. The van der Waals surface area contributed by atoms with Gasteiger partial charge in [0.2, 0.25) is 5.91 Å². The fourth-order valence-electron chi connectivity index (χ4n) is 2.81. The van der Waals surface area contributed by atoms with Crippen molar-refractivity contribution in [3.05, 3.63) is 0 Å². The third-order valence-electron chi connectivity index (χ3n) is 3.91. The highest BCUT2D eigenvalue weighted by molar-refractivity contribution is 5.77. The molecule has 2 heterocycles. The highest BCUT2D eigenvalue weighted by atomic mass is 16.5. The molecular formula is C14H27N3O3. The van der Waals surface area contributed by atoms with Gasteiger partial charge in [0.15, 0.2) is 0 Å². The number of nitrogens with zero attached hydrogens (tertiary/aromatic N) is 2. The van der Waals surface area contributed by atoms with Crippen molar-refractivity contribution in [1.29, 1.82) is 0 Å². The summed E-state index contributed by atoms with van der Waals surface area (Å²) >= 11 is 0. The molecule has 2 saturated heterocycles. The van der Waals surface area contributed by atoms with E-state index < -0.39 is 0 Å². The molecule has 2 aliphatic heterocycles. The Morgan fingerprint density at radius 3 is 2.90 bits per heavy atom. The summed E-state index contributed by atoms with van der Waals surface area (Å²) in [6.07, 6.45) is 3.77. The van der Waals surface area contributed by atoms with E-state index in [0.29, 0.717) is 19.3 Å². The van der Waals surface area contributed by atoms with Crippen LogP contribution in [-0.2, 0) is 14.3 Å². The van der Waals surface area contributed by atoms with Crippen LogP contribution in [0.25, 0.3) is 0 Å². The van der Waals surface area contributed by atoms with Crippen LogP contribution in [0.4, 0.5) is 0 Å². The molecule has 2 rings (SSSR count). The van der Waals surface area contributed by atoms with E-state index in [1.165, 1.54) is 12.8 Å². The summed E-state index contributed by atoms with van der Waals surface area (Å²) in [6.45, 7) is 6.57. The van der Waals surface area contributed by atoms with Crippen molar-refractivity contribution in [3.8, 4) is 0 Å². The van der Waals surface area contributed by atoms with Gasteiger partial charge in [0.1, 0.15) is 6.61 Å². The normalized spacial score (nSPS) is 24.9. The molecule has 116 valence electrons. The number of hydrogen-bond acceptors (Lipinski definition) is 5. The molecule has 1 amide bonds. The van der Waals surface area contributed by atoms with Gasteiger partial charge in [-0.1, -0.05) is 0 Å². The van der Waals surface area contributed by atoms with Crippen molar-refractivity contribution in [1.82, 2.24) is 9.80 Å². The summed E-state index contributed by atoms with van der Waals surface area (Å²) in [5, 5.41) is 0. The van der Waals surface area contributed by atoms with Gasteiger partial charge < -0.3 is 20.1 Å². The summed E-state index contributed by atoms with van der Waals surface area (Å²) in [7, 11) is 0. The smallest absolute Gasteiger partial charge is 0.248 e. The van der Waals surface area contributed by atoms with E-state index in [1.54, 1.807) is 0 Å². The Hall–Kier alpha value is -0.690. The number of ether oxygens (including phenoxy) is 2. The summed E-state index contributed by atoms with van der Waals surface area (Å²) in [5.41, 5.74) is 5.35. The Labute approximate surface area is 121 Å². The lowest BCUT2D eigenvalue weighted by atomic mass is 10.2. The van der Waals surface area contributed by atoms with Gasteiger partial charge >= 0.3 is 0 Å². The molecule has 1 atom stereocenters. The molecule has 6 nitrogen and oxygen atoms in total. The van der Waals surface area contributed by atoms with Crippen molar-refractivity contribution in [2.75, 3.05) is 59.1 Å². The first-order chi connectivity index (χ1) is 9.79. The van der Waals surface area contributed by atoms with Gasteiger partial charge in [-0.2, -0.15) is 0 Å². The summed E-state index contributed by atoms with van der Waals surface area (Å²) in [4.78, 5) is 16.3. The monoisotopic (exact) mass is 285 g/mol. The van der Waals surface area contributed by atoms with Gasteiger partial charge in [0.05, 0.1) is 12.7 Å². The predicted octanol–water partition coefficient (Wildman–Crippen LogP) is -0.325. The average molecular weight is 285 g/mol. The van der Waals surface area contributed by atoms with Gasteiger partial charge in [-0.25, -0.2) is 0 Å². The topological polar surface area (TPSA) is 68.0 Å². The molecule has 0 saturated carbocycles. The number of carbonyl (C=O) groups excluding carboxylic acids is 1. The zero-order valence-corrected chi connectivity index (χ0v) is 12.3. The zero-order valence-electron chi connectivity index (χ0n) is 12.3. The standard InChI is InChI=1S/C14H27N3O3/c15-4-10-19-12-14(18)17-6-2-5-16(7-8-17)11-13-3-1-9-20-13/h13H,1-12,15H2. The molecule has 6 heteroatoms. The molecule has 0 bridgehead atoms. The Morgan fingerprint density at radius 1 is 1.25 bits per heavy atom. The van der Waals surface area contributed by atoms with Gasteiger partial charge in [-0.15, -0.1) is 0 Å². The van der Waals surface area contributed by atoms with E-state index in [0.717, 1.165) is 45.8 Å². The van der Waals surface area contributed by atoms with Crippen molar-refractivity contribution in [2.24, 2.45) is 5.73 Å². The van der Waals surface area contributed by atoms with Gasteiger partial charge in [0.25, 0.3) is 0 Å². The molecule has 0 radical (unpaired) electrons. The Kier molecular flexibility index (Phi) is 6.72. The SMILES string of the molecule is NCCOCC(=O)N1CCCN(CC2CCCO2)CC1. The maximum absolute atomic E-state index is 12.0. The fourth-order valence-corrected chi connectivity index (χ4v) is 2.81. The minimum atomic E-state index is 0.0809. The second kappa shape index (κ2) is 8.56. The van der Waals surface area contributed by atoms with Gasteiger partial charge in [0, 0.05) is 39.3 Å². The first-order valence-electron chi connectivity index (χ1n) is 7.69. The average Bonchev–Trinajstić information content (AvgIpc) is 2.84. The molecule has 0 aromatic rings. The number of nitrogens with two attached hydrogens (primary N) is 1. The first kappa shape index (κ1) is 15.7. The molecule has 0 aromatic carbocycles. The summed E-state index contributed by atoms with van der Waals surface area (Å²) in [6, 6.07) is 0. The highest BCUT2D eigenvalue weighted by Gasteiger charge is 2.23. The molecule has 0 spiro atoms. The molecule has 1 unspecified atom stereocenters. The van der Waals surface area contributed by atoms with E-state index in [4.69, 9.17) is 15.2 Å². The van der Waals surface area contributed by atoms with Gasteiger partial charge in [-0.05, 0) is 25.8 Å². The van der Waals surface area contributed by atoms with E-state index >= 15 is 0 Å². The molecule has 2 N–H and O–H groups in total. The van der Waals surface area contributed by atoms with E-state index in [1.807, 2.05) is 4.90 Å². The predicted molar refractivity (Wildman–Crippen MR) is 76.5 cm³/mol. The first-order valence-corrected chi connectivity index (χ1v) is 7.69. The number of amides is 1. The van der Waals surface area contributed by atoms with Gasteiger partial charge in [-0.3, -0.25) is 9.69 Å². The van der Waals surface area contributed by atoms with Crippen molar-refractivity contribution in [3.63, 3.8) is 0 Å². The second-order valence-corrected chi connectivity index (χ2v) is 5.51. The molecule has 0 aliphatic carbocycles. The van der Waals surface area contributed by atoms with Crippen LogP contribution in [0.1, 0.15) is 19.3 Å². The molecular weight excluding hydrogens is 258 g/mol. The van der Waals surface area contributed by atoms with Crippen LogP contribution in [0.15, 0.2) is 0 Å². The number of hydrogen-bond donors (Lipinski definition) is 1. The van der Waals surface area contributed by atoms with E-state index in [2.05, 4.69) is 4.90 Å². The Morgan fingerprint density at radius 2 is 2.15 bits per heavy atom. The van der Waals surface area contributed by atoms with Crippen molar-refractivity contribution >= 4 is 5.91 Å². The lowest BCUT2D eigenvalue weighted by Crippen LogP contribution is -2.39. The van der Waals surface area contributed by atoms with Crippen LogP contribution >= 0.6 is 0 Å². The minimum absolute atomic E-state index is 0.0809.